The van der Waals surface area contributed by atoms with Gasteiger partial charge in [-0.15, -0.1) is 10.2 Å². The Kier molecular flexibility index (Phi) is 5.70. The molecular weight excluding hydrogens is 384 g/mol. The Labute approximate surface area is 172 Å². The number of para-hydroxylation sites is 1. The van der Waals surface area contributed by atoms with Gasteiger partial charge in [-0.1, -0.05) is 18.2 Å². The zero-order valence-electron chi connectivity index (χ0n) is 16.1. The molecular formula is C23H18N2O5. The van der Waals surface area contributed by atoms with Gasteiger partial charge in [0.05, 0.1) is 12.7 Å². The molecule has 0 aliphatic carbocycles. The lowest BCUT2D eigenvalue weighted by Gasteiger charge is -2.06. The fourth-order valence-electron chi connectivity index (χ4n) is 2.66. The quantitative estimate of drug-likeness (QED) is 0.407. The Morgan fingerprint density at radius 1 is 0.833 bits per heavy atom. The Morgan fingerprint density at radius 2 is 1.50 bits per heavy atom. The molecule has 0 fully saturated rings. The first-order chi connectivity index (χ1) is 14.7. The fraction of sp³-hybridized carbons (Fsp3) is 0.0870. The summed E-state index contributed by atoms with van der Waals surface area (Å²) in [7, 11) is 1.60. The van der Waals surface area contributed by atoms with Gasteiger partial charge in [0.15, 0.2) is 6.61 Å². The maximum Gasteiger partial charge on any atom is 0.338 e. The molecule has 0 atom stereocenters. The number of hydrogen-bond donors (Lipinski definition) is 0. The smallest absolute Gasteiger partial charge is 0.338 e. The van der Waals surface area contributed by atoms with Crippen molar-refractivity contribution in [3.8, 4) is 28.7 Å². The normalized spacial score (nSPS) is 10.4. The molecule has 0 aliphatic rings. The Morgan fingerprint density at radius 3 is 2.20 bits per heavy atom. The molecule has 0 N–H and O–H groups in total. The number of rotatable bonds is 7. The van der Waals surface area contributed by atoms with Gasteiger partial charge in [0, 0.05) is 5.56 Å². The average molecular weight is 402 g/mol. The van der Waals surface area contributed by atoms with E-state index >= 15 is 0 Å². The van der Waals surface area contributed by atoms with Crippen LogP contribution in [0.3, 0.4) is 0 Å². The predicted octanol–water partition coefficient (Wildman–Crippen LogP) is 4.89. The van der Waals surface area contributed by atoms with Crippen LogP contribution >= 0.6 is 0 Å². The van der Waals surface area contributed by atoms with E-state index < -0.39 is 5.97 Å². The van der Waals surface area contributed by atoms with E-state index in [1.165, 1.54) is 0 Å². The highest BCUT2D eigenvalue weighted by atomic mass is 16.5. The predicted molar refractivity (Wildman–Crippen MR) is 108 cm³/mol. The van der Waals surface area contributed by atoms with Gasteiger partial charge in [-0.3, -0.25) is 0 Å². The highest BCUT2D eigenvalue weighted by Crippen LogP contribution is 2.23. The number of methoxy groups -OCH3 is 1. The van der Waals surface area contributed by atoms with Gasteiger partial charge < -0.3 is 18.6 Å². The SMILES string of the molecule is COc1ccc(-c2nnc(COC(=O)c3ccc(Oc4ccccc4)cc3)o2)cc1. The van der Waals surface area contributed by atoms with Crippen molar-refractivity contribution in [3.05, 3.63) is 90.3 Å². The number of hydrogen-bond acceptors (Lipinski definition) is 7. The van der Waals surface area contributed by atoms with Crippen LogP contribution in [0.25, 0.3) is 11.5 Å². The molecule has 1 heterocycles. The molecule has 0 saturated heterocycles. The second-order valence-electron chi connectivity index (χ2n) is 6.25. The monoisotopic (exact) mass is 402 g/mol. The van der Waals surface area contributed by atoms with E-state index in [4.69, 9.17) is 18.6 Å². The van der Waals surface area contributed by atoms with Gasteiger partial charge in [-0.2, -0.15) is 0 Å². The maximum absolute atomic E-state index is 12.3. The summed E-state index contributed by atoms with van der Waals surface area (Å²) in [4.78, 5) is 12.3. The summed E-state index contributed by atoms with van der Waals surface area (Å²) in [5.41, 5.74) is 1.14. The average Bonchev–Trinajstić information content (AvgIpc) is 3.28. The van der Waals surface area contributed by atoms with Crippen molar-refractivity contribution in [1.29, 1.82) is 0 Å². The minimum absolute atomic E-state index is 0.121. The lowest BCUT2D eigenvalue weighted by Crippen LogP contribution is -2.05. The standard InChI is InChI=1S/C23H18N2O5/c1-27-18-11-7-16(8-12-18)22-25-24-21(30-22)15-28-23(26)17-9-13-20(14-10-17)29-19-5-3-2-4-6-19/h2-14H,15H2,1H3. The van der Waals surface area contributed by atoms with Crippen LogP contribution in [0.1, 0.15) is 16.2 Å². The summed E-state index contributed by atoms with van der Waals surface area (Å²) in [6, 6.07) is 23.3. The number of nitrogens with zero attached hydrogens (tertiary/aromatic N) is 2. The third kappa shape index (κ3) is 4.64. The van der Waals surface area contributed by atoms with Crippen LogP contribution in [0, 0.1) is 0 Å². The minimum atomic E-state index is -0.495. The number of esters is 1. The molecule has 7 nitrogen and oxygen atoms in total. The van der Waals surface area contributed by atoms with Crippen molar-refractivity contribution < 1.29 is 23.4 Å². The molecule has 4 aromatic rings. The molecule has 0 amide bonds. The highest BCUT2D eigenvalue weighted by molar-refractivity contribution is 5.89. The van der Waals surface area contributed by atoms with Crippen molar-refractivity contribution >= 4 is 5.97 Å². The van der Waals surface area contributed by atoms with Crippen LogP contribution in [0.15, 0.2) is 83.3 Å². The van der Waals surface area contributed by atoms with E-state index in [1.807, 2.05) is 30.3 Å². The van der Waals surface area contributed by atoms with Crippen molar-refractivity contribution in [2.75, 3.05) is 7.11 Å². The third-order valence-electron chi connectivity index (χ3n) is 4.20. The second-order valence-corrected chi connectivity index (χ2v) is 6.25. The van der Waals surface area contributed by atoms with Crippen molar-refractivity contribution in [1.82, 2.24) is 10.2 Å². The van der Waals surface area contributed by atoms with Gasteiger partial charge in [0.1, 0.15) is 17.2 Å². The van der Waals surface area contributed by atoms with Crippen LogP contribution in [0.2, 0.25) is 0 Å². The molecule has 4 rings (SSSR count). The molecule has 0 radical (unpaired) electrons. The first-order valence-electron chi connectivity index (χ1n) is 9.18. The summed E-state index contributed by atoms with van der Waals surface area (Å²) in [6.45, 7) is -0.121. The molecule has 150 valence electrons. The number of carbonyl (C=O) groups is 1. The van der Waals surface area contributed by atoms with Gasteiger partial charge in [-0.05, 0) is 60.7 Å². The van der Waals surface area contributed by atoms with E-state index in [-0.39, 0.29) is 12.5 Å². The van der Waals surface area contributed by atoms with Crippen LogP contribution in [0.4, 0.5) is 0 Å². The number of carbonyl (C=O) groups excluding carboxylic acids is 1. The summed E-state index contributed by atoms with van der Waals surface area (Å²) < 4.78 is 21.6. The minimum Gasteiger partial charge on any atom is -0.497 e. The summed E-state index contributed by atoms with van der Waals surface area (Å²) in [5, 5.41) is 7.90. The van der Waals surface area contributed by atoms with Crippen LogP contribution < -0.4 is 9.47 Å². The van der Waals surface area contributed by atoms with Gasteiger partial charge in [0.2, 0.25) is 5.89 Å². The van der Waals surface area contributed by atoms with E-state index in [0.717, 1.165) is 17.1 Å². The van der Waals surface area contributed by atoms with Crippen LogP contribution in [0.5, 0.6) is 17.2 Å². The van der Waals surface area contributed by atoms with E-state index in [2.05, 4.69) is 10.2 Å². The first-order valence-corrected chi connectivity index (χ1v) is 9.18. The number of aromatic nitrogens is 2. The van der Waals surface area contributed by atoms with Crippen molar-refractivity contribution in [2.45, 2.75) is 6.61 Å². The molecule has 0 bridgehead atoms. The number of benzene rings is 3. The van der Waals surface area contributed by atoms with Gasteiger partial charge in [-0.25, -0.2) is 4.79 Å². The fourth-order valence-corrected chi connectivity index (χ4v) is 2.66. The topological polar surface area (TPSA) is 83.7 Å². The molecule has 3 aromatic carbocycles. The highest BCUT2D eigenvalue weighted by Gasteiger charge is 2.13. The largest absolute Gasteiger partial charge is 0.497 e. The zero-order valence-corrected chi connectivity index (χ0v) is 16.1. The molecule has 30 heavy (non-hydrogen) atoms. The van der Waals surface area contributed by atoms with Crippen LogP contribution in [-0.2, 0) is 11.3 Å². The van der Waals surface area contributed by atoms with Crippen LogP contribution in [-0.4, -0.2) is 23.3 Å². The molecule has 0 saturated carbocycles. The Hall–Kier alpha value is -4.13. The zero-order chi connectivity index (χ0) is 20.8. The maximum atomic E-state index is 12.3. The summed E-state index contributed by atoms with van der Waals surface area (Å²) in [6.07, 6.45) is 0. The molecule has 0 aliphatic heterocycles. The van der Waals surface area contributed by atoms with E-state index in [9.17, 15) is 4.79 Å². The Bertz CT molecular complexity index is 1110. The first kappa shape index (κ1) is 19.2. The summed E-state index contributed by atoms with van der Waals surface area (Å²) in [5.74, 6) is 2.12. The van der Waals surface area contributed by atoms with Gasteiger partial charge in [0.25, 0.3) is 5.89 Å². The molecule has 7 heteroatoms. The van der Waals surface area contributed by atoms with E-state index in [1.54, 1.807) is 55.6 Å². The number of ether oxygens (including phenoxy) is 3. The molecule has 0 spiro atoms. The van der Waals surface area contributed by atoms with Crippen molar-refractivity contribution in [3.63, 3.8) is 0 Å². The molecule has 1 aromatic heterocycles. The summed E-state index contributed by atoms with van der Waals surface area (Å²) >= 11 is 0. The molecule has 0 unspecified atom stereocenters. The lowest BCUT2D eigenvalue weighted by atomic mass is 10.2. The second kappa shape index (κ2) is 8.91. The van der Waals surface area contributed by atoms with Gasteiger partial charge >= 0.3 is 5.97 Å². The lowest BCUT2D eigenvalue weighted by molar-refractivity contribution is 0.0438. The Balaban J connectivity index is 1.33. The van der Waals surface area contributed by atoms with E-state index in [0.29, 0.717) is 17.2 Å². The third-order valence-corrected chi connectivity index (χ3v) is 4.20. The van der Waals surface area contributed by atoms with Crippen molar-refractivity contribution in [2.24, 2.45) is 0 Å².